The van der Waals surface area contributed by atoms with Crippen LogP contribution < -0.4 is 20.3 Å². The monoisotopic (exact) mass is 304 g/mol. The number of benzene rings is 1. The fourth-order valence-corrected chi connectivity index (χ4v) is 2.21. The van der Waals surface area contributed by atoms with Gasteiger partial charge in [0.15, 0.2) is 5.75 Å². The van der Waals surface area contributed by atoms with E-state index in [0.717, 1.165) is 29.4 Å². The predicted molar refractivity (Wildman–Crippen MR) is 90.3 cm³/mol. The minimum atomic E-state index is -0.263. The molecule has 2 rings (SSSR count). The van der Waals surface area contributed by atoms with Crippen LogP contribution in [0.5, 0.6) is 11.5 Å². The minimum absolute atomic E-state index is 0.0938. The number of ether oxygens (including phenoxy) is 2. The molecule has 0 bridgehead atoms. The normalized spacial score (nSPS) is 11.0. The second kappa shape index (κ2) is 7.20. The Bertz CT molecular complexity index is 692. The Balaban J connectivity index is 2.57. The number of fused-ring (bicyclic) bond motifs is 1. The van der Waals surface area contributed by atoms with Crippen LogP contribution in [0.3, 0.4) is 0 Å². The van der Waals surface area contributed by atoms with E-state index < -0.39 is 0 Å². The maximum Gasteiger partial charge on any atom is 0.294 e. The second-order valence-corrected chi connectivity index (χ2v) is 5.49. The van der Waals surface area contributed by atoms with Gasteiger partial charge in [-0.25, -0.2) is 0 Å². The van der Waals surface area contributed by atoms with Gasteiger partial charge in [0.05, 0.1) is 18.2 Å². The van der Waals surface area contributed by atoms with E-state index in [-0.39, 0.29) is 17.4 Å². The summed E-state index contributed by atoms with van der Waals surface area (Å²) >= 11 is 0. The molecule has 0 saturated heterocycles. The van der Waals surface area contributed by atoms with Crippen molar-refractivity contribution in [1.82, 2.24) is 4.98 Å². The molecular formula is C17H24N2O3. The first-order chi connectivity index (χ1) is 10.6. The van der Waals surface area contributed by atoms with Crippen LogP contribution in [0.4, 0.5) is 5.69 Å². The molecule has 0 aliphatic rings. The standard InChI is InChI=1S/C17H24N2O3/c1-5-6-9-21-15-13-8-7-12(18-4)10-14(13)19-17(20)16(15)22-11(2)3/h7-8,10-11,18H,5-6,9H2,1-4H3,(H,19,20). The lowest BCUT2D eigenvalue weighted by Crippen LogP contribution is -2.18. The smallest absolute Gasteiger partial charge is 0.294 e. The van der Waals surface area contributed by atoms with E-state index in [1.165, 1.54) is 0 Å². The largest absolute Gasteiger partial charge is 0.489 e. The molecule has 1 aromatic carbocycles. The predicted octanol–water partition coefficient (Wildman–Crippen LogP) is 3.54. The van der Waals surface area contributed by atoms with Gasteiger partial charge in [-0.05, 0) is 38.5 Å². The summed E-state index contributed by atoms with van der Waals surface area (Å²) in [5, 5.41) is 3.92. The van der Waals surface area contributed by atoms with Crippen molar-refractivity contribution in [2.24, 2.45) is 0 Å². The molecule has 2 N–H and O–H groups in total. The third-order valence-corrected chi connectivity index (χ3v) is 3.31. The SMILES string of the molecule is CCCCOc1c(OC(C)C)c(=O)[nH]c2cc(NC)ccc12. The maximum absolute atomic E-state index is 12.3. The van der Waals surface area contributed by atoms with E-state index in [1.54, 1.807) is 0 Å². The van der Waals surface area contributed by atoms with Crippen molar-refractivity contribution in [1.29, 1.82) is 0 Å². The van der Waals surface area contributed by atoms with E-state index in [1.807, 2.05) is 39.1 Å². The molecule has 120 valence electrons. The molecule has 0 atom stereocenters. The summed E-state index contributed by atoms with van der Waals surface area (Å²) in [5.41, 5.74) is 1.40. The van der Waals surface area contributed by atoms with Gasteiger partial charge in [0.25, 0.3) is 5.56 Å². The van der Waals surface area contributed by atoms with E-state index >= 15 is 0 Å². The molecular weight excluding hydrogens is 280 g/mol. The quantitative estimate of drug-likeness (QED) is 0.768. The van der Waals surface area contributed by atoms with Crippen molar-refractivity contribution >= 4 is 16.6 Å². The fraction of sp³-hybridized carbons (Fsp3) is 0.471. The topological polar surface area (TPSA) is 63.4 Å². The molecule has 5 nitrogen and oxygen atoms in total. The highest BCUT2D eigenvalue weighted by atomic mass is 16.5. The van der Waals surface area contributed by atoms with Crippen LogP contribution in [0.2, 0.25) is 0 Å². The zero-order valence-electron chi connectivity index (χ0n) is 13.7. The first-order valence-corrected chi connectivity index (χ1v) is 7.74. The van der Waals surface area contributed by atoms with Gasteiger partial charge >= 0.3 is 0 Å². The molecule has 1 heterocycles. The van der Waals surface area contributed by atoms with Gasteiger partial charge in [-0.2, -0.15) is 0 Å². The van der Waals surface area contributed by atoms with Crippen molar-refractivity contribution in [3.8, 4) is 11.5 Å². The Morgan fingerprint density at radius 2 is 2.05 bits per heavy atom. The number of aromatic amines is 1. The van der Waals surface area contributed by atoms with Crippen molar-refractivity contribution in [2.75, 3.05) is 19.0 Å². The number of anilines is 1. The van der Waals surface area contributed by atoms with Gasteiger partial charge in [-0.1, -0.05) is 13.3 Å². The summed E-state index contributed by atoms with van der Waals surface area (Å²) in [6.07, 6.45) is 1.87. The van der Waals surface area contributed by atoms with Gasteiger partial charge in [0, 0.05) is 18.1 Å². The van der Waals surface area contributed by atoms with E-state index in [2.05, 4.69) is 17.2 Å². The molecule has 1 aromatic heterocycles. The highest BCUT2D eigenvalue weighted by Gasteiger charge is 2.17. The third kappa shape index (κ3) is 3.53. The lowest BCUT2D eigenvalue weighted by atomic mass is 10.1. The number of pyridine rings is 1. The molecule has 5 heteroatoms. The molecule has 0 fully saturated rings. The Morgan fingerprint density at radius 3 is 2.68 bits per heavy atom. The molecule has 0 spiro atoms. The number of aromatic nitrogens is 1. The zero-order valence-corrected chi connectivity index (χ0v) is 13.7. The molecule has 0 unspecified atom stereocenters. The van der Waals surface area contributed by atoms with Gasteiger partial charge < -0.3 is 19.8 Å². The summed E-state index contributed by atoms with van der Waals surface area (Å²) in [4.78, 5) is 15.2. The Morgan fingerprint density at radius 1 is 1.27 bits per heavy atom. The Labute approximate surface area is 130 Å². The number of H-pyrrole nitrogens is 1. The number of unbranched alkanes of at least 4 members (excludes halogenated alkanes) is 1. The molecule has 0 saturated carbocycles. The van der Waals surface area contributed by atoms with E-state index in [9.17, 15) is 4.79 Å². The number of hydrogen-bond acceptors (Lipinski definition) is 4. The van der Waals surface area contributed by atoms with Crippen LogP contribution in [-0.4, -0.2) is 24.7 Å². The summed E-state index contributed by atoms with van der Waals surface area (Å²) < 4.78 is 11.6. The summed E-state index contributed by atoms with van der Waals surface area (Å²) in [5.74, 6) is 0.791. The lowest BCUT2D eigenvalue weighted by molar-refractivity contribution is 0.218. The van der Waals surface area contributed by atoms with Crippen molar-refractivity contribution in [2.45, 2.75) is 39.7 Å². The summed E-state index contributed by atoms with van der Waals surface area (Å²) in [6.45, 7) is 6.45. The number of nitrogens with one attached hydrogen (secondary N) is 2. The average molecular weight is 304 g/mol. The van der Waals surface area contributed by atoms with Crippen LogP contribution >= 0.6 is 0 Å². The summed E-state index contributed by atoms with van der Waals surface area (Å²) in [6, 6.07) is 5.78. The van der Waals surface area contributed by atoms with Crippen LogP contribution in [0.1, 0.15) is 33.6 Å². The van der Waals surface area contributed by atoms with Crippen LogP contribution in [0, 0.1) is 0 Å². The maximum atomic E-state index is 12.3. The third-order valence-electron chi connectivity index (χ3n) is 3.31. The van der Waals surface area contributed by atoms with Crippen LogP contribution in [0.15, 0.2) is 23.0 Å². The molecule has 0 radical (unpaired) electrons. The second-order valence-electron chi connectivity index (χ2n) is 5.49. The first kappa shape index (κ1) is 16.2. The number of rotatable bonds is 7. The highest BCUT2D eigenvalue weighted by molar-refractivity contribution is 5.89. The molecule has 0 aliphatic carbocycles. The Hall–Kier alpha value is -2.17. The van der Waals surface area contributed by atoms with Crippen LogP contribution in [0.25, 0.3) is 10.9 Å². The van der Waals surface area contributed by atoms with Crippen molar-refractivity contribution in [3.63, 3.8) is 0 Å². The van der Waals surface area contributed by atoms with Gasteiger partial charge in [0.1, 0.15) is 0 Å². The van der Waals surface area contributed by atoms with Crippen molar-refractivity contribution in [3.05, 3.63) is 28.6 Å². The molecule has 0 aliphatic heterocycles. The first-order valence-electron chi connectivity index (χ1n) is 7.74. The van der Waals surface area contributed by atoms with E-state index in [0.29, 0.717) is 12.4 Å². The highest BCUT2D eigenvalue weighted by Crippen LogP contribution is 2.33. The van der Waals surface area contributed by atoms with Crippen LogP contribution in [-0.2, 0) is 0 Å². The van der Waals surface area contributed by atoms with Gasteiger partial charge in [-0.15, -0.1) is 0 Å². The van der Waals surface area contributed by atoms with E-state index in [4.69, 9.17) is 9.47 Å². The number of hydrogen-bond donors (Lipinski definition) is 2. The average Bonchev–Trinajstić information content (AvgIpc) is 2.49. The van der Waals surface area contributed by atoms with Gasteiger partial charge in [0.2, 0.25) is 5.75 Å². The fourth-order valence-electron chi connectivity index (χ4n) is 2.21. The molecule has 2 aromatic rings. The molecule has 22 heavy (non-hydrogen) atoms. The zero-order chi connectivity index (χ0) is 16.1. The minimum Gasteiger partial charge on any atom is -0.489 e. The Kier molecular flexibility index (Phi) is 5.31. The lowest BCUT2D eigenvalue weighted by Gasteiger charge is -2.16. The van der Waals surface area contributed by atoms with Crippen molar-refractivity contribution < 1.29 is 9.47 Å². The molecule has 0 amide bonds. The summed E-state index contributed by atoms with van der Waals surface area (Å²) in [7, 11) is 1.84. The van der Waals surface area contributed by atoms with Gasteiger partial charge in [-0.3, -0.25) is 4.79 Å².